The Morgan fingerprint density at radius 3 is 2.94 bits per heavy atom. The minimum atomic E-state index is 0.614. The van der Waals surface area contributed by atoms with Crippen molar-refractivity contribution in [3.8, 4) is 5.75 Å². The summed E-state index contributed by atoms with van der Waals surface area (Å²) in [7, 11) is 1.64. The Kier molecular flexibility index (Phi) is 3.43. The zero-order valence-corrected chi connectivity index (χ0v) is 10.5. The fraction of sp³-hybridized carbons (Fsp3) is 0.273. The largest absolute Gasteiger partial charge is 0.496 e. The number of anilines is 2. The van der Waals surface area contributed by atoms with Crippen molar-refractivity contribution in [2.24, 2.45) is 0 Å². The van der Waals surface area contributed by atoms with Crippen molar-refractivity contribution in [3.05, 3.63) is 29.6 Å². The van der Waals surface area contributed by atoms with E-state index in [0.29, 0.717) is 6.54 Å². The van der Waals surface area contributed by atoms with Gasteiger partial charge in [-0.25, -0.2) is 4.98 Å². The van der Waals surface area contributed by atoms with Crippen LogP contribution in [-0.4, -0.2) is 16.5 Å². The van der Waals surface area contributed by atoms with Crippen LogP contribution in [0.15, 0.2) is 18.2 Å². The normalized spacial score (nSPS) is 10.2. The molecule has 1 aromatic carbocycles. The van der Waals surface area contributed by atoms with Gasteiger partial charge in [0.15, 0.2) is 0 Å². The quantitative estimate of drug-likeness (QED) is 0.812. The number of methoxy groups -OCH3 is 1. The number of aryl methyl sites for hydroxylation is 1. The molecule has 0 fully saturated rings. The van der Waals surface area contributed by atoms with Crippen LogP contribution in [0.1, 0.15) is 11.4 Å². The van der Waals surface area contributed by atoms with E-state index in [2.05, 4.69) is 14.7 Å². The van der Waals surface area contributed by atoms with Crippen molar-refractivity contribution in [2.75, 3.05) is 18.2 Å². The molecule has 0 saturated heterocycles. The van der Waals surface area contributed by atoms with Crippen molar-refractivity contribution >= 4 is 22.4 Å². The average Bonchev–Trinajstić information content (AvgIpc) is 2.73. The lowest BCUT2D eigenvalue weighted by Crippen LogP contribution is -2.02. The highest BCUT2D eigenvalue weighted by atomic mass is 32.1. The number of nitrogens with zero attached hydrogens (tertiary/aromatic N) is 2. The van der Waals surface area contributed by atoms with E-state index in [1.807, 2.05) is 25.1 Å². The number of ether oxygens (including phenoxy) is 1. The molecule has 0 amide bonds. The van der Waals surface area contributed by atoms with Crippen LogP contribution in [0, 0.1) is 6.92 Å². The highest BCUT2D eigenvalue weighted by Gasteiger charge is 2.05. The molecule has 0 aliphatic heterocycles. The summed E-state index contributed by atoms with van der Waals surface area (Å²) in [5, 5.41) is 3.99. The maximum Gasteiger partial charge on any atom is 0.202 e. The first-order valence-corrected chi connectivity index (χ1v) is 5.93. The third kappa shape index (κ3) is 2.85. The molecule has 5 nitrogen and oxygen atoms in total. The lowest BCUT2D eigenvalue weighted by atomic mass is 10.2. The summed E-state index contributed by atoms with van der Waals surface area (Å²) in [4.78, 5) is 4.23. The smallest absolute Gasteiger partial charge is 0.202 e. The second-order valence-corrected chi connectivity index (χ2v) is 4.32. The number of rotatable bonds is 4. The summed E-state index contributed by atoms with van der Waals surface area (Å²) in [6.45, 7) is 2.48. The summed E-state index contributed by atoms with van der Waals surface area (Å²) >= 11 is 1.34. The zero-order valence-electron chi connectivity index (χ0n) is 9.73. The maximum absolute atomic E-state index is 5.75. The summed E-state index contributed by atoms with van der Waals surface area (Å²) in [5.41, 5.74) is 7.47. The van der Waals surface area contributed by atoms with E-state index < -0.39 is 0 Å². The number of benzene rings is 1. The SMILES string of the molecule is COc1ccc(N)cc1CNc1nc(C)ns1. The van der Waals surface area contributed by atoms with Crippen LogP contribution in [0.4, 0.5) is 10.8 Å². The molecule has 6 heteroatoms. The van der Waals surface area contributed by atoms with Crippen molar-refractivity contribution in [1.29, 1.82) is 0 Å². The number of nitrogens with two attached hydrogens (primary N) is 1. The van der Waals surface area contributed by atoms with Gasteiger partial charge in [-0.15, -0.1) is 0 Å². The Labute approximate surface area is 104 Å². The molecule has 2 rings (SSSR count). The molecule has 0 aliphatic carbocycles. The van der Waals surface area contributed by atoms with E-state index in [4.69, 9.17) is 10.5 Å². The van der Waals surface area contributed by atoms with Gasteiger partial charge in [0.2, 0.25) is 5.13 Å². The summed E-state index contributed by atoms with van der Waals surface area (Å²) in [6.07, 6.45) is 0. The van der Waals surface area contributed by atoms with E-state index in [1.54, 1.807) is 7.11 Å². The molecule has 3 N–H and O–H groups in total. The molecular weight excluding hydrogens is 236 g/mol. The van der Waals surface area contributed by atoms with Crippen LogP contribution in [0.5, 0.6) is 5.75 Å². The molecule has 1 aromatic heterocycles. The van der Waals surface area contributed by atoms with E-state index in [-0.39, 0.29) is 0 Å². The Morgan fingerprint density at radius 1 is 1.47 bits per heavy atom. The number of nitrogen functional groups attached to an aromatic ring is 1. The van der Waals surface area contributed by atoms with Gasteiger partial charge in [-0.1, -0.05) is 0 Å². The minimum absolute atomic E-state index is 0.614. The monoisotopic (exact) mass is 250 g/mol. The lowest BCUT2D eigenvalue weighted by molar-refractivity contribution is 0.410. The molecule has 0 atom stereocenters. The fourth-order valence-electron chi connectivity index (χ4n) is 1.48. The van der Waals surface area contributed by atoms with Gasteiger partial charge in [-0.05, 0) is 25.1 Å². The standard InChI is InChI=1S/C11H14N4OS/c1-7-14-11(17-15-7)13-6-8-5-9(12)3-4-10(8)16-2/h3-5H,6,12H2,1-2H3,(H,13,14,15). The first-order chi connectivity index (χ1) is 8.19. The molecule has 2 aromatic rings. The van der Waals surface area contributed by atoms with Crippen LogP contribution < -0.4 is 15.8 Å². The molecule has 0 unspecified atom stereocenters. The molecule has 0 radical (unpaired) electrons. The van der Waals surface area contributed by atoms with Gasteiger partial charge < -0.3 is 15.8 Å². The third-order valence-electron chi connectivity index (χ3n) is 2.26. The number of hydrogen-bond acceptors (Lipinski definition) is 6. The number of hydrogen-bond donors (Lipinski definition) is 2. The van der Waals surface area contributed by atoms with Crippen LogP contribution in [0.2, 0.25) is 0 Å². The van der Waals surface area contributed by atoms with Gasteiger partial charge in [0.1, 0.15) is 11.6 Å². The summed E-state index contributed by atoms with van der Waals surface area (Å²) in [5.74, 6) is 1.59. The molecule has 90 valence electrons. The first kappa shape index (κ1) is 11.7. The Hall–Kier alpha value is -1.82. The minimum Gasteiger partial charge on any atom is -0.496 e. The van der Waals surface area contributed by atoms with E-state index in [1.165, 1.54) is 11.5 Å². The Morgan fingerprint density at radius 2 is 2.29 bits per heavy atom. The van der Waals surface area contributed by atoms with Crippen LogP contribution in [0.25, 0.3) is 0 Å². The van der Waals surface area contributed by atoms with Crippen molar-refractivity contribution in [2.45, 2.75) is 13.5 Å². The van der Waals surface area contributed by atoms with Gasteiger partial charge in [0.05, 0.1) is 7.11 Å². The van der Waals surface area contributed by atoms with Gasteiger partial charge in [0.25, 0.3) is 0 Å². The second-order valence-electron chi connectivity index (χ2n) is 3.57. The number of nitrogens with one attached hydrogen (secondary N) is 1. The predicted octanol–water partition coefficient (Wildman–Crippen LogP) is 2.05. The van der Waals surface area contributed by atoms with Crippen LogP contribution in [0.3, 0.4) is 0 Å². The van der Waals surface area contributed by atoms with Crippen molar-refractivity contribution < 1.29 is 4.74 Å². The van der Waals surface area contributed by atoms with E-state index in [9.17, 15) is 0 Å². The molecule has 0 aliphatic rings. The Bertz CT molecular complexity index is 512. The molecule has 17 heavy (non-hydrogen) atoms. The molecule has 0 spiro atoms. The summed E-state index contributed by atoms with van der Waals surface area (Å²) in [6, 6.07) is 5.56. The number of aromatic nitrogens is 2. The van der Waals surface area contributed by atoms with Crippen LogP contribution >= 0.6 is 11.5 Å². The third-order valence-corrected chi connectivity index (χ3v) is 3.03. The van der Waals surface area contributed by atoms with Crippen molar-refractivity contribution in [3.63, 3.8) is 0 Å². The maximum atomic E-state index is 5.75. The lowest BCUT2D eigenvalue weighted by Gasteiger charge is -2.09. The van der Waals surface area contributed by atoms with E-state index >= 15 is 0 Å². The molecule has 1 heterocycles. The molecular formula is C11H14N4OS. The first-order valence-electron chi connectivity index (χ1n) is 5.15. The summed E-state index contributed by atoms with van der Waals surface area (Å²) < 4.78 is 9.37. The van der Waals surface area contributed by atoms with Gasteiger partial charge >= 0.3 is 0 Å². The molecule has 0 saturated carbocycles. The van der Waals surface area contributed by atoms with Crippen molar-refractivity contribution in [1.82, 2.24) is 9.36 Å². The van der Waals surface area contributed by atoms with Gasteiger partial charge in [-0.3, -0.25) is 0 Å². The fourth-order valence-corrected chi connectivity index (χ4v) is 2.05. The highest BCUT2D eigenvalue weighted by molar-refractivity contribution is 7.09. The second kappa shape index (κ2) is 5.01. The topological polar surface area (TPSA) is 73.1 Å². The Balaban J connectivity index is 2.10. The highest BCUT2D eigenvalue weighted by Crippen LogP contribution is 2.22. The average molecular weight is 250 g/mol. The van der Waals surface area contributed by atoms with E-state index in [0.717, 1.165) is 28.0 Å². The predicted molar refractivity (Wildman–Crippen MR) is 69.4 cm³/mol. The van der Waals surface area contributed by atoms with Crippen LogP contribution in [-0.2, 0) is 6.54 Å². The molecule has 0 bridgehead atoms. The van der Waals surface area contributed by atoms with Gasteiger partial charge in [0, 0.05) is 29.3 Å². The zero-order chi connectivity index (χ0) is 12.3. The van der Waals surface area contributed by atoms with Gasteiger partial charge in [-0.2, -0.15) is 4.37 Å².